The molecule has 1 amide bonds. The Hall–Kier alpha value is -2.18. The van der Waals surface area contributed by atoms with E-state index in [-0.39, 0.29) is 18.3 Å². The second-order valence-electron chi connectivity index (χ2n) is 3.77. The first-order valence-electron chi connectivity index (χ1n) is 5.03. The number of carbonyl (C=O) groups is 2. The third-order valence-electron chi connectivity index (χ3n) is 2.11. The second kappa shape index (κ2) is 5.24. The van der Waals surface area contributed by atoms with Crippen LogP contribution in [0.15, 0.2) is 12.1 Å². The molecule has 7 nitrogen and oxygen atoms in total. The molecule has 1 heterocycles. The number of amides is 1. The molecule has 0 unspecified atom stereocenters. The van der Waals surface area contributed by atoms with Crippen molar-refractivity contribution < 1.29 is 14.7 Å². The SMILES string of the molecule is CC(C)N(CC(N)=O)c1ccc(C(=O)O)nn1. The van der Waals surface area contributed by atoms with Gasteiger partial charge in [0.2, 0.25) is 5.91 Å². The second-order valence-corrected chi connectivity index (χ2v) is 3.77. The zero-order valence-electron chi connectivity index (χ0n) is 9.62. The van der Waals surface area contributed by atoms with E-state index in [9.17, 15) is 9.59 Å². The zero-order valence-corrected chi connectivity index (χ0v) is 9.62. The summed E-state index contributed by atoms with van der Waals surface area (Å²) >= 11 is 0. The lowest BCUT2D eigenvalue weighted by atomic mass is 10.3. The molecule has 0 spiro atoms. The van der Waals surface area contributed by atoms with Crippen molar-refractivity contribution in [2.75, 3.05) is 11.4 Å². The molecule has 0 bridgehead atoms. The van der Waals surface area contributed by atoms with Crippen LogP contribution >= 0.6 is 0 Å². The molecule has 0 saturated carbocycles. The first kappa shape index (κ1) is 12.9. The van der Waals surface area contributed by atoms with E-state index in [1.165, 1.54) is 12.1 Å². The lowest BCUT2D eigenvalue weighted by Gasteiger charge is -2.25. The van der Waals surface area contributed by atoms with Gasteiger partial charge in [0.05, 0.1) is 6.54 Å². The Morgan fingerprint density at radius 1 is 1.41 bits per heavy atom. The summed E-state index contributed by atoms with van der Waals surface area (Å²) in [5, 5.41) is 16.0. The van der Waals surface area contributed by atoms with Gasteiger partial charge in [0.15, 0.2) is 11.5 Å². The van der Waals surface area contributed by atoms with E-state index < -0.39 is 11.9 Å². The lowest BCUT2D eigenvalue weighted by Crippen LogP contribution is -2.39. The molecule has 0 fully saturated rings. The fourth-order valence-corrected chi connectivity index (χ4v) is 1.29. The van der Waals surface area contributed by atoms with Crippen LogP contribution in [0, 0.1) is 0 Å². The van der Waals surface area contributed by atoms with E-state index in [2.05, 4.69) is 10.2 Å². The fraction of sp³-hybridized carbons (Fsp3) is 0.400. The number of rotatable bonds is 5. The molecule has 3 N–H and O–H groups in total. The average molecular weight is 238 g/mol. The third kappa shape index (κ3) is 3.40. The highest BCUT2D eigenvalue weighted by Gasteiger charge is 2.15. The van der Waals surface area contributed by atoms with Crippen molar-refractivity contribution in [1.82, 2.24) is 10.2 Å². The van der Waals surface area contributed by atoms with Gasteiger partial charge in [-0.05, 0) is 26.0 Å². The third-order valence-corrected chi connectivity index (χ3v) is 2.11. The predicted molar refractivity (Wildman–Crippen MR) is 60.7 cm³/mol. The van der Waals surface area contributed by atoms with Crippen molar-refractivity contribution in [3.8, 4) is 0 Å². The molecule has 0 saturated heterocycles. The van der Waals surface area contributed by atoms with E-state index in [0.29, 0.717) is 5.82 Å². The highest BCUT2D eigenvalue weighted by molar-refractivity contribution is 5.85. The van der Waals surface area contributed by atoms with E-state index in [4.69, 9.17) is 10.8 Å². The molecule has 92 valence electrons. The average Bonchev–Trinajstić information content (AvgIpc) is 2.25. The number of hydrogen-bond acceptors (Lipinski definition) is 5. The zero-order chi connectivity index (χ0) is 13.0. The first-order valence-corrected chi connectivity index (χ1v) is 5.03. The Bertz CT molecular complexity index is 416. The molecule has 0 aliphatic rings. The van der Waals surface area contributed by atoms with Gasteiger partial charge >= 0.3 is 5.97 Å². The van der Waals surface area contributed by atoms with Crippen LogP contribution in [0.1, 0.15) is 24.3 Å². The standard InChI is InChI=1S/C10H14N4O3/c1-6(2)14(5-8(11)15)9-4-3-7(10(16)17)12-13-9/h3-4,6H,5H2,1-2H3,(H2,11,15)(H,16,17). The Morgan fingerprint density at radius 3 is 2.41 bits per heavy atom. The van der Waals surface area contributed by atoms with E-state index in [1.807, 2.05) is 13.8 Å². The summed E-state index contributed by atoms with van der Waals surface area (Å²) in [7, 11) is 0. The van der Waals surface area contributed by atoms with Gasteiger partial charge in [0.1, 0.15) is 0 Å². The number of primary amides is 1. The number of hydrogen-bond donors (Lipinski definition) is 2. The minimum Gasteiger partial charge on any atom is -0.476 e. The fourth-order valence-electron chi connectivity index (χ4n) is 1.29. The molecule has 17 heavy (non-hydrogen) atoms. The van der Waals surface area contributed by atoms with Crippen molar-refractivity contribution in [1.29, 1.82) is 0 Å². The van der Waals surface area contributed by atoms with Gasteiger partial charge in [-0.15, -0.1) is 10.2 Å². The van der Waals surface area contributed by atoms with Crippen LogP contribution in [0.25, 0.3) is 0 Å². The lowest BCUT2D eigenvalue weighted by molar-refractivity contribution is -0.116. The summed E-state index contributed by atoms with van der Waals surface area (Å²) < 4.78 is 0. The van der Waals surface area contributed by atoms with E-state index in [0.717, 1.165) is 0 Å². The van der Waals surface area contributed by atoms with Gasteiger partial charge < -0.3 is 15.7 Å². The van der Waals surface area contributed by atoms with E-state index >= 15 is 0 Å². The van der Waals surface area contributed by atoms with Gasteiger partial charge in [0, 0.05) is 6.04 Å². The molecule has 7 heteroatoms. The van der Waals surface area contributed by atoms with E-state index in [1.54, 1.807) is 4.90 Å². The van der Waals surface area contributed by atoms with Crippen molar-refractivity contribution in [2.45, 2.75) is 19.9 Å². The maximum atomic E-state index is 10.9. The van der Waals surface area contributed by atoms with Crippen molar-refractivity contribution >= 4 is 17.7 Å². The number of carboxylic acid groups (broad SMARTS) is 1. The maximum Gasteiger partial charge on any atom is 0.356 e. The normalized spacial score (nSPS) is 10.3. The molecular weight excluding hydrogens is 224 g/mol. The largest absolute Gasteiger partial charge is 0.476 e. The molecule has 0 radical (unpaired) electrons. The summed E-state index contributed by atoms with van der Waals surface area (Å²) in [6.45, 7) is 3.75. The van der Waals surface area contributed by atoms with Gasteiger partial charge in [-0.2, -0.15) is 0 Å². The van der Waals surface area contributed by atoms with Gasteiger partial charge in [-0.1, -0.05) is 0 Å². The Balaban J connectivity index is 2.95. The minimum atomic E-state index is -1.14. The van der Waals surface area contributed by atoms with Crippen LogP contribution in [0.5, 0.6) is 0 Å². The number of aromatic nitrogens is 2. The number of anilines is 1. The van der Waals surface area contributed by atoms with Crippen molar-refractivity contribution in [2.24, 2.45) is 5.73 Å². The quantitative estimate of drug-likeness (QED) is 0.739. The highest BCUT2D eigenvalue weighted by atomic mass is 16.4. The van der Waals surface area contributed by atoms with Crippen LogP contribution in [0.2, 0.25) is 0 Å². The Labute approximate surface area is 98.2 Å². The van der Waals surface area contributed by atoms with Crippen LogP contribution in [0.4, 0.5) is 5.82 Å². The molecule has 0 aliphatic heterocycles. The summed E-state index contributed by atoms with van der Waals surface area (Å²) in [4.78, 5) is 23.1. The molecule has 1 aromatic heterocycles. The van der Waals surface area contributed by atoms with Crippen LogP contribution in [0.3, 0.4) is 0 Å². The Kier molecular flexibility index (Phi) is 3.97. The maximum absolute atomic E-state index is 10.9. The van der Waals surface area contributed by atoms with Crippen molar-refractivity contribution in [3.63, 3.8) is 0 Å². The summed E-state index contributed by atoms with van der Waals surface area (Å²) in [5.74, 6) is -1.21. The summed E-state index contributed by atoms with van der Waals surface area (Å²) in [6.07, 6.45) is 0. The summed E-state index contributed by atoms with van der Waals surface area (Å²) in [5.41, 5.74) is 4.98. The van der Waals surface area contributed by atoms with Gasteiger partial charge in [-0.25, -0.2) is 4.79 Å². The highest BCUT2D eigenvalue weighted by Crippen LogP contribution is 2.12. The summed E-state index contributed by atoms with van der Waals surface area (Å²) in [6, 6.07) is 2.84. The van der Waals surface area contributed by atoms with Crippen LogP contribution < -0.4 is 10.6 Å². The number of nitrogens with zero attached hydrogens (tertiary/aromatic N) is 3. The van der Waals surface area contributed by atoms with Crippen LogP contribution in [-0.2, 0) is 4.79 Å². The van der Waals surface area contributed by atoms with Crippen molar-refractivity contribution in [3.05, 3.63) is 17.8 Å². The number of carboxylic acids is 1. The molecule has 0 atom stereocenters. The molecular formula is C10H14N4O3. The van der Waals surface area contributed by atoms with Gasteiger partial charge in [0.25, 0.3) is 0 Å². The smallest absolute Gasteiger partial charge is 0.356 e. The minimum absolute atomic E-state index is 0.00692. The topological polar surface area (TPSA) is 109 Å². The number of carbonyl (C=O) groups excluding carboxylic acids is 1. The number of aromatic carboxylic acids is 1. The monoisotopic (exact) mass is 238 g/mol. The molecule has 0 aliphatic carbocycles. The van der Waals surface area contributed by atoms with Crippen LogP contribution in [-0.4, -0.2) is 39.8 Å². The molecule has 1 rings (SSSR count). The first-order chi connectivity index (χ1) is 7.91. The predicted octanol–water partition coefficient (Wildman–Crippen LogP) is -0.125. The van der Waals surface area contributed by atoms with Gasteiger partial charge in [-0.3, -0.25) is 4.79 Å². The molecule has 1 aromatic rings. The number of nitrogens with two attached hydrogens (primary N) is 1. The Morgan fingerprint density at radius 2 is 2.06 bits per heavy atom. The molecule has 0 aromatic carbocycles.